The molecule has 0 fully saturated rings. The van der Waals surface area contributed by atoms with E-state index in [0.29, 0.717) is 0 Å². The van der Waals surface area contributed by atoms with E-state index in [2.05, 4.69) is 20.8 Å². The molecule has 0 aromatic carbocycles. The highest BCUT2D eigenvalue weighted by atomic mass is 32.1. The van der Waals surface area contributed by atoms with Crippen molar-refractivity contribution in [2.45, 2.75) is 64.8 Å². The molecule has 2 N–H and O–H groups in total. The van der Waals surface area contributed by atoms with Crippen LogP contribution >= 0.6 is 11.3 Å². The summed E-state index contributed by atoms with van der Waals surface area (Å²) in [6.45, 7) is 6.63. The number of rotatable bonds is 4. The van der Waals surface area contributed by atoms with E-state index >= 15 is 0 Å². The minimum atomic E-state index is -0.191. The maximum absolute atomic E-state index is 6.44. The molecule has 0 bridgehead atoms. The fourth-order valence-electron chi connectivity index (χ4n) is 2.56. The van der Waals surface area contributed by atoms with Crippen LogP contribution < -0.4 is 5.73 Å². The lowest BCUT2D eigenvalue weighted by molar-refractivity contribution is 0.407. The lowest BCUT2D eigenvalue weighted by atomic mass is 9.89. The second kappa shape index (κ2) is 5.07. The average molecular weight is 252 g/mol. The summed E-state index contributed by atoms with van der Waals surface area (Å²) < 4.78 is 0. The lowest BCUT2D eigenvalue weighted by Crippen LogP contribution is -2.34. The smallest absolute Gasteiger partial charge is 0.113 e. The topological polar surface area (TPSA) is 38.9 Å². The molecule has 1 aliphatic rings. The summed E-state index contributed by atoms with van der Waals surface area (Å²) in [6, 6.07) is 0. The highest BCUT2D eigenvalue weighted by molar-refractivity contribution is 7.11. The Bertz CT molecular complexity index is 380. The van der Waals surface area contributed by atoms with Gasteiger partial charge in [-0.2, -0.15) is 0 Å². The number of nitrogens with zero attached hydrogens (tertiary/aromatic N) is 1. The van der Waals surface area contributed by atoms with Crippen LogP contribution in [-0.2, 0) is 18.4 Å². The van der Waals surface area contributed by atoms with Gasteiger partial charge in [0.2, 0.25) is 0 Å². The van der Waals surface area contributed by atoms with Crippen molar-refractivity contribution >= 4 is 11.3 Å². The standard InChI is InChI=1S/C14H24N2S/c1-4-10-7-8-11-12(9-10)17-13(16-11)14(15,5-2)6-3/h10H,4-9,15H2,1-3H3. The van der Waals surface area contributed by atoms with E-state index in [4.69, 9.17) is 10.7 Å². The van der Waals surface area contributed by atoms with Crippen molar-refractivity contribution in [3.63, 3.8) is 0 Å². The Morgan fingerprint density at radius 2 is 2.06 bits per heavy atom. The molecule has 17 heavy (non-hydrogen) atoms. The van der Waals surface area contributed by atoms with E-state index < -0.39 is 0 Å². The molecule has 0 spiro atoms. The SMILES string of the molecule is CCC1CCc2nc(C(N)(CC)CC)sc2C1. The number of aryl methyl sites for hydroxylation is 1. The first-order valence-corrected chi connectivity index (χ1v) is 7.72. The molecule has 0 aliphatic heterocycles. The third-order valence-electron chi connectivity index (χ3n) is 4.31. The summed E-state index contributed by atoms with van der Waals surface area (Å²) >= 11 is 1.87. The van der Waals surface area contributed by atoms with Crippen molar-refractivity contribution in [2.75, 3.05) is 0 Å². The van der Waals surface area contributed by atoms with Crippen LogP contribution in [0.2, 0.25) is 0 Å². The zero-order valence-corrected chi connectivity index (χ0v) is 12.1. The monoisotopic (exact) mass is 252 g/mol. The molecule has 1 heterocycles. The van der Waals surface area contributed by atoms with Crippen LogP contribution in [0.3, 0.4) is 0 Å². The van der Waals surface area contributed by atoms with Gasteiger partial charge in [0, 0.05) is 4.88 Å². The highest BCUT2D eigenvalue weighted by Gasteiger charge is 2.30. The zero-order valence-electron chi connectivity index (χ0n) is 11.3. The van der Waals surface area contributed by atoms with Crippen LogP contribution in [0.25, 0.3) is 0 Å². The van der Waals surface area contributed by atoms with Gasteiger partial charge in [0.25, 0.3) is 0 Å². The molecule has 1 aliphatic carbocycles. The first kappa shape index (κ1) is 13.0. The molecule has 0 radical (unpaired) electrons. The largest absolute Gasteiger partial charge is 0.319 e. The molecular formula is C14H24N2S. The number of fused-ring (bicyclic) bond motifs is 1. The van der Waals surface area contributed by atoms with Crippen molar-refractivity contribution in [3.8, 4) is 0 Å². The van der Waals surface area contributed by atoms with Crippen LogP contribution in [0.1, 0.15) is 62.0 Å². The quantitative estimate of drug-likeness (QED) is 0.888. The fourth-order valence-corrected chi connectivity index (χ4v) is 4.02. The minimum absolute atomic E-state index is 0.191. The maximum Gasteiger partial charge on any atom is 0.113 e. The predicted molar refractivity (Wildman–Crippen MR) is 74.4 cm³/mol. The van der Waals surface area contributed by atoms with Crippen molar-refractivity contribution in [3.05, 3.63) is 15.6 Å². The molecule has 1 unspecified atom stereocenters. The Morgan fingerprint density at radius 3 is 2.65 bits per heavy atom. The van der Waals surface area contributed by atoms with Crippen molar-refractivity contribution < 1.29 is 0 Å². The van der Waals surface area contributed by atoms with E-state index in [1.807, 2.05) is 11.3 Å². The Morgan fingerprint density at radius 1 is 1.35 bits per heavy atom. The molecule has 2 rings (SSSR count). The van der Waals surface area contributed by atoms with Gasteiger partial charge in [-0.3, -0.25) is 0 Å². The number of nitrogens with two attached hydrogens (primary N) is 1. The molecule has 1 atom stereocenters. The minimum Gasteiger partial charge on any atom is -0.319 e. The van der Waals surface area contributed by atoms with E-state index in [1.165, 1.54) is 34.8 Å². The molecule has 1 aromatic rings. The number of hydrogen-bond donors (Lipinski definition) is 1. The van der Waals surface area contributed by atoms with E-state index in [9.17, 15) is 0 Å². The summed E-state index contributed by atoms with van der Waals surface area (Å²) in [5.74, 6) is 0.867. The van der Waals surface area contributed by atoms with Crippen LogP contribution in [0, 0.1) is 5.92 Å². The molecule has 0 saturated carbocycles. The van der Waals surface area contributed by atoms with Gasteiger partial charge in [-0.15, -0.1) is 11.3 Å². The lowest BCUT2D eigenvalue weighted by Gasteiger charge is -2.23. The molecule has 0 saturated heterocycles. The Hall–Kier alpha value is -0.410. The van der Waals surface area contributed by atoms with Gasteiger partial charge in [0.05, 0.1) is 11.2 Å². The second-order valence-corrected chi connectivity index (χ2v) is 6.35. The average Bonchev–Trinajstić information content (AvgIpc) is 2.80. The molecule has 96 valence electrons. The predicted octanol–water partition coefficient (Wildman–Crippen LogP) is 3.63. The third kappa shape index (κ3) is 2.41. The number of thiazole rings is 1. The summed E-state index contributed by atoms with van der Waals surface area (Å²) in [5, 5.41) is 1.17. The highest BCUT2D eigenvalue weighted by Crippen LogP contribution is 2.36. The first-order valence-electron chi connectivity index (χ1n) is 6.90. The molecule has 3 heteroatoms. The van der Waals surface area contributed by atoms with Crippen molar-refractivity contribution in [1.82, 2.24) is 4.98 Å². The second-order valence-electron chi connectivity index (χ2n) is 5.27. The summed E-state index contributed by atoms with van der Waals surface area (Å²) in [6.07, 6.45) is 6.95. The zero-order chi connectivity index (χ0) is 12.5. The maximum atomic E-state index is 6.44. The molecule has 2 nitrogen and oxygen atoms in total. The Kier molecular flexibility index (Phi) is 3.88. The normalized spacial score (nSPS) is 20.4. The van der Waals surface area contributed by atoms with Crippen LogP contribution in [0.4, 0.5) is 0 Å². The molecule has 0 amide bonds. The van der Waals surface area contributed by atoms with E-state index in [-0.39, 0.29) is 5.54 Å². The summed E-state index contributed by atoms with van der Waals surface area (Å²) in [5.41, 5.74) is 7.59. The third-order valence-corrected chi connectivity index (χ3v) is 5.65. The fraction of sp³-hybridized carbons (Fsp3) is 0.786. The van der Waals surface area contributed by atoms with Gasteiger partial charge < -0.3 is 5.73 Å². The molecular weight excluding hydrogens is 228 g/mol. The molecule has 1 aromatic heterocycles. The van der Waals surface area contributed by atoms with Gasteiger partial charge in [-0.25, -0.2) is 4.98 Å². The van der Waals surface area contributed by atoms with Crippen LogP contribution in [0.15, 0.2) is 0 Å². The van der Waals surface area contributed by atoms with Gasteiger partial charge in [-0.1, -0.05) is 27.2 Å². The summed E-state index contributed by atoms with van der Waals surface area (Å²) in [7, 11) is 0. The van der Waals surface area contributed by atoms with Gasteiger partial charge in [-0.05, 0) is 38.0 Å². The Labute approximate surface area is 109 Å². The van der Waals surface area contributed by atoms with Crippen LogP contribution in [-0.4, -0.2) is 4.98 Å². The van der Waals surface area contributed by atoms with E-state index in [0.717, 1.165) is 25.2 Å². The van der Waals surface area contributed by atoms with Crippen LogP contribution in [0.5, 0.6) is 0 Å². The van der Waals surface area contributed by atoms with Gasteiger partial charge in [0.15, 0.2) is 0 Å². The van der Waals surface area contributed by atoms with Gasteiger partial charge in [0.1, 0.15) is 5.01 Å². The summed E-state index contributed by atoms with van der Waals surface area (Å²) in [4.78, 5) is 6.34. The van der Waals surface area contributed by atoms with Crippen molar-refractivity contribution in [2.24, 2.45) is 11.7 Å². The first-order chi connectivity index (χ1) is 8.12. The Balaban J connectivity index is 2.26. The number of hydrogen-bond acceptors (Lipinski definition) is 3. The van der Waals surface area contributed by atoms with E-state index in [1.54, 1.807) is 0 Å². The van der Waals surface area contributed by atoms with Crippen molar-refractivity contribution in [1.29, 1.82) is 0 Å². The number of aromatic nitrogens is 1. The van der Waals surface area contributed by atoms with Gasteiger partial charge >= 0.3 is 0 Å².